The number of aliphatic hydroxyl groups is 3. The van der Waals surface area contributed by atoms with Gasteiger partial charge in [0.2, 0.25) is 106 Å². The molecule has 18 amide bonds. The molecule has 42 nitrogen and oxygen atoms in total. The number of rotatable bonds is 64. The van der Waals surface area contributed by atoms with Crippen LogP contribution in [0.25, 0.3) is 0 Å². The van der Waals surface area contributed by atoms with Crippen LogP contribution >= 0.6 is 48.8 Å². The molecule has 0 saturated heterocycles. The predicted molar refractivity (Wildman–Crippen MR) is 494 cm³/mol. The highest BCUT2D eigenvalue weighted by Gasteiger charge is 2.40. The van der Waals surface area contributed by atoms with E-state index in [1.807, 2.05) is 13.8 Å². The van der Waals surface area contributed by atoms with Gasteiger partial charge in [-0.05, 0) is 143 Å². The molecule has 46 heteroatoms. The highest BCUT2D eigenvalue weighted by molar-refractivity contribution is 7.98. The SMILES string of the molecule is CSCC[C@H](NC(=O)[C@@H](NC(=O)[C@H](CC(C)C)NC(=O)[C@H](CC(C)C)NC(=O)[C@H](CO)NC(=O)CNC(=O)[C@H](CC(C)C)NC(=O)[C@H](CS)NC(=O)CCCNC(=O)[C@@H](NC(=O)[C@H](CCSC)NC(=O)[C@@H](NC(=O)[C@H](CC(C)C)NC(=O)[C@H](CC(C)C)NC(=O)CNC(=O)CNC(=O)[C@H](CC(C)C)NC(=O)[C@@H](N)CS)[C@@H](C)O)C(C)C)[C@@H](C)O)C(=O)N[C@H](C(=O)O)C(C)C. The number of amides is 18. The van der Waals surface area contributed by atoms with E-state index in [2.05, 4.69) is 121 Å². The van der Waals surface area contributed by atoms with E-state index in [1.165, 1.54) is 37.4 Å². The van der Waals surface area contributed by atoms with Gasteiger partial charge in [0, 0.05) is 24.5 Å². The normalized spacial score (nSPS) is 15.4. The van der Waals surface area contributed by atoms with Gasteiger partial charge in [-0.25, -0.2) is 4.79 Å². The Bertz CT molecular complexity index is 3660. The van der Waals surface area contributed by atoms with Crippen molar-refractivity contribution < 1.29 is 112 Å². The van der Waals surface area contributed by atoms with Crippen molar-refractivity contribution >= 4 is 161 Å². The molecule has 0 aliphatic rings. The van der Waals surface area contributed by atoms with Crippen molar-refractivity contribution in [3.63, 3.8) is 0 Å². The fourth-order valence-corrected chi connectivity index (χ4v) is 14.0. The van der Waals surface area contributed by atoms with E-state index >= 15 is 0 Å². The molecule has 0 aromatic rings. The zero-order valence-corrected chi connectivity index (χ0v) is 81.6. The molecule has 17 atom stereocenters. The summed E-state index contributed by atoms with van der Waals surface area (Å²) in [6, 6.07) is -20.2. The molecule has 0 saturated carbocycles. The van der Waals surface area contributed by atoms with Crippen LogP contribution in [-0.2, 0) is 91.1 Å². The van der Waals surface area contributed by atoms with E-state index in [-0.39, 0.29) is 118 Å². The Kier molecular flexibility index (Phi) is 58.9. The molecule has 129 heavy (non-hydrogen) atoms. The van der Waals surface area contributed by atoms with Crippen molar-refractivity contribution in [1.29, 1.82) is 0 Å². The summed E-state index contributed by atoms with van der Waals surface area (Å²) in [5, 5.41) is 87.1. The average Bonchev–Trinajstić information content (AvgIpc) is 0.848. The van der Waals surface area contributed by atoms with Crippen LogP contribution in [0.5, 0.6) is 0 Å². The molecule has 0 fully saturated rings. The van der Waals surface area contributed by atoms with Gasteiger partial charge < -0.3 is 122 Å². The zero-order chi connectivity index (χ0) is 99.0. The monoisotopic (exact) mass is 1910 g/mol. The molecule has 0 aliphatic carbocycles. The fraction of sp³-hybridized carbons (Fsp3) is 0.771. The average molecular weight is 1910 g/mol. The van der Waals surface area contributed by atoms with Crippen LogP contribution in [0, 0.1) is 47.3 Å². The summed E-state index contributed by atoms with van der Waals surface area (Å²) < 4.78 is 0. The van der Waals surface area contributed by atoms with Gasteiger partial charge >= 0.3 is 5.97 Å². The molecule has 0 aromatic heterocycles. The van der Waals surface area contributed by atoms with Crippen LogP contribution < -0.4 is 101 Å². The van der Waals surface area contributed by atoms with Crippen LogP contribution in [0.15, 0.2) is 0 Å². The third-order valence-corrected chi connectivity index (χ3v) is 21.6. The standard InChI is InChI=1S/C83H149N19O23S4/c1-40(2)28-53(94-69(110)50(84)38-126)70(111)87-34-62(107)86-35-63(108)89-55(30-42(5)6)74(115)96-57(32-44(9)10)76(117)101-67(48(17)104)81(122)92-51(23-26-128-19)72(113)99-65(46(13)14)80(121)85-25-21-22-61(106)91-60(39-127)79(120)95-54(29-41(3)4)71(112)88-36-64(109)90-59(37-103)78(119)98-56(31-43(7)8)75(116)97-58(33-45(11)12)77(118)102-68(49(18)105)82(123)93-52(24-27-129-20)73(114)100-66(47(15)16)83(124)125/h40-60,65-68,103-105,126-127H,21-39,84H2,1-20H3,(H,85,121)(H,86,107)(H,87,111)(H,88,112)(H,89,108)(H,90,109)(H,91,106)(H,92,122)(H,93,123)(H,94,110)(H,95,120)(H,96,115)(H,97,116)(H,98,119)(H,99,113)(H,100,114)(H,101,117)(H,102,118)(H,124,125)/t48-,49-,50+,51+,52+,53+,54+,55+,56+,57+,58+,59+,60+,65+,66+,67+,68+/m1/s1. The Balaban J connectivity index is 6.13. The van der Waals surface area contributed by atoms with Gasteiger partial charge in [0.25, 0.3) is 0 Å². The van der Waals surface area contributed by atoms with E-state index in [9.17, 15) is 112 Å². The molecule has 0 rings (SSSR count). The summed E-state index contributed by atoms with van der Waals surface area (Å²) in [6.45, 7) is 26.9. The predicted octanol–water partition coefficient (Wildman–Crippen LogP) is -3.86. The number of carboxylic acid groups (broad SMARTS) is 1. The Morgan fingerprint density at radius 1 is 0.302 bits per heavy atom. The number of aliphatic carboxylic acids is 1. The van der Waals surface area contributed by atoms with Gasteiger partial charge in [-0.1, -0.05) is 111 Å². The number of carbonyl (C=O) groups is 19. The molecule has 0 bridgehead atoms. The van der Waals surface area contributed by atoms with Gasteiger partial charge in [0.1, 0.15) is 84.6 Å². The van der Waals surface area contributed by atoms with E-state index < -0.39 is 253 Å². The molecule has 0 radical (unpaired) electrons. The number of nitrogens with one attached hydrogen (secondary N) is 18. The summed E-state index contributed by atoms with van der Waals surface area (Å²) in [5.41, 5.74) is 5.75. The van der Waals surface area contributed by atoms with Crippen LogP contribution in [-0.4, -0.2) is 304 Å². The number of thioether (sulfide) groups is 2. The minimum Gasteiger partial charge on any atom is -0.480 e. The number of carbonyl (C=O) groups excluding carboxylic acids is 18. The summed E-state index contributed by atoms with van der Waals surface area (Å²) in [7, 11) is 0. The molecule has 0 aromatic carbocycles. The van der Waals surface area contributed by atoms with Gasteiger partial charge in [0.05, 0.1) is 44.5 Å². The van der Waals surface area contributed by atoms with Crippen LogP contribution in [0.3, 0.4) is 0 Å². The summed E-state index contributed by atoms with van der Waals surface area (Å²) in [4.78, 5) is 257. The summed E-state index contributed by atoms with van der Waals surface area (Å²) in [5.74, 6) is -18.3. The highest BCUT2D eigenvalue weighted by Crippen LogP contribution is 2.17. The quantitative estimate of drug-likeness (QED) is 0.0205. The number of nitrogens with two attached hydrogens (primary N) is 1. The molecular weight excluding hydrogens is 1760 g/mol. The minimum atomic E-state index is -1.71. The first-order valence-corrected chi connectivity index (χ1v) is 47.7. The third-order valence-electron chi connectivity index (χ3n) is 19.5. The van der Waals surface area contributed by atoms with E-state index in [0.717, 1.165) is 0 Å². The van der Waals surface area contributed by atoms with Crippen molar-refractivity contribution in [3.8, 4) is 0 Å². The number of hydrogen-bond acceptors (Lipinski definition) is 27. The number of aliphatic hydroxyl groups excluding tert-OH is 3. The first-order valence-electron chi connectivity index (χ1n) is 43.7. The maximum Gasteiger partial charge on any atom is 0.326 e. The molecule has 0 aliphatic heterocycles. The second-order valence-electron chi connectivity index (χ2n) is 35.1. The van der Waals surface area contributed by atoms with Crippen LogP contribution in [0.1, 0.15) is 189 Å². The van der Waals surface area contributed by atoms with Crippen molar-refractivity contribution in [2.75, 3.05) is 68.3 Å². The lowest BCUT2D eigenvalue weighted by Gasteiger charge is -2.29. The summed E-state index contributed by atoms with van der Waals surface area (Å²) in [6.07, 6.45) is 0.425. The molecule has 0 heterocycles. The zero-order valence-electron chi connectivity index (χ0n) is 78.2. The van der Waals surface area contributed by atoms with Gasteiger partial charge in [-0.2, -0.15) is 48.8 Å². The van der Waals surface area contributed by atoms with Crippen molar-refractivity contribution in [3.05, 3.63) is 0 Å². The highest BCUT2D eigenvalue weighted by atomic mass is 32.2. The third kappa shape index (κ3) is 48.8. The Hall–Kier alpha value is -8.83. The smallest absolute Gasteiger partial charge is 0.326 e. The van der Waals surface area contributed by atoms with E-state index in [1.54, 1.807) is 109 Å². The molecule has 738 valence electrons. The summed E-state index contributed by atoms with van der Waals surface area (Å²) >= 11 is 10.9. The lowest BCUT2D eigenvalue weighted by molar-refractivity contribution is -0.143. The topological polar surface area (TPSA) is 648 Å². The Labute approximate surface area is 777 Å². The van der Waals surface area contributed by atoms with E-state index in [0.29, 0.717) is 11.5 Å². The van der Waals surface area contributed by atoms with Crippen molar-refractivity contribution in [1.82, 2.24) is 95.7 Å². The Morgan fingerprint density at radius 2 is 0.589 bits per heavy atom. The lowest BCUT2D eigenvalue weighted by atomic mass is 9.99. The van der Waals surface area contributed by atoms with Crippen molar-refractivity contribution in [2.24, 2.45) is 53.1 Å². The maximum atomic E-state index is 14.2. The van der Waals surface area contributed by atoms with Gasteiger partial charge in [0.15, 0.2) is 0 Å². The second-order valence-corrected chi connectivity index (χ2v) is 37.8. The molecular formula is C83H149N19O23S4. The lowest BCUT2D eigenvalue weighted by Crippen LogP contribution is -2.62. The maximum absolute atomic E-state index is 14.2. The van der Waals surface area contributed by atoms with Crippen LogP contribution in [0.2, 0.25) is 0 Å². The van der Waals surface area contributed by atoms with E-state index in [4.69, 9.17) is 5.73 Å². The second kappa shape index (κ2) is 63.3. The van der Waals surface area contributed by atoms with Gasteiger partial charge in [-0.15, -0.1) is 0 Å². The Morgan fingerprint density at radius 3 is 0.922 bits per heavy atom. The number of hydrogen-bond donors (Lipinski definition) is 25. The number of thiol groups is 2. The van der Waals surface area contributed by atoms with Gasteiger partial charge in [-0.3, -0.25) is 86.3 Å². The molecule has 0 unspecified atom stereocenters. The first kappa shape index (κ1) is 120. The van der Waals surface area contributed by atoms with Crippen LogP contribution in [0.4, 0.5) is 0 Å². The first-order chi connectivity index (χ1) is 60.2. The minimum absolute atomic E-state index is 0.00574. The van der Waals surface area contributed by atoms with Crippen molar-refractivity contribution in [2.45, 2.75) is 292 Å². The fourth-order valence-electron chi connectivity index (χ4n) is 12.6. The number of carboxylic acids is 1. The molecule has 0 spiro atoms. The molecule has 24 N–H and O–H groups in total. The largest absolute Gasteiger partial charge is 0.480 e.